The van der Waals surface area contributed by atoms with E-state index >= 15 is 0 Å². The van der Waals surface area contributed by atoms with Crippen LogP contribution >= 0.6 is 11.8 Å². The molecule has 2 rings (SSSR count). The highest BCUT2D eigenvalue weighted by molar-refractivity contribution is 7.99. The monoisotopic (exact) mass is 271 g/mol. The molecule has 18 heavy (non-hydrogen) atoms. The number of hydrogen-bond donors (Lipinski definition) is 1. The number of thioether (sulfide) groups is 1. The van der Waals surface area contributed by atoms with E-state index in [9.17, 15) is 8.78 Å². The van der Waals surface area contributed by atoms with Gasteiger partial charge in [0.25, 0.3) is 0 Å². The summed E-state index contributed by atoms with van der Waals surface area (Å²) in [4.78, 5) is 0. The summed E-state index contributed by atoms with van der Waals surface area (Å²) in [5.74, 6) is 1.53. The second-order valence-corrected chi connectivity index (χ2v) is 6.00. The van der Waals surface area contributed by atoms with E-state index in [1.54, 1.807) is 12.1 Å². The zero-order valence-corrected chi connectivity index (χ0v) is 11.4. The molecule has 4 heteroatoms. The van der Waals surface area contributed by atoms with Gasteiger partial charge in [0.2, 0.25) is 0 Å². The van der Waals surface area contributed by atoms with Crippen molar-refractivity contribution in [1.29, 1.82) is 0 Å². The average Bonchev–Trinajstić information content (AvgIpc) is 2.41. The van der Waals surface area contributed by atoms with Crippen molar-refractivity contribution in [2.24, 2.45) is 5.92 Å². The van der Waals surface area contributed by atoms with Gasteiger partial charge in [0.1, 0.15) is 0 Å². The highest BCUT2D eigenvalue weighted by atomic mass is 32.2. The molecule has 1 heterocycles. The molecule has 1 fully saturated rings. The van der Waals surface area contributed by atoms with Crippen LogP contribution in [0.1, 0.15) is 30.9 Å². The van der Waals surface area contributed by atoms with E-state index in [4.69, 9.17) is 0 Å². The van der Waals surface area contributed by atoms with Gasteiger partial charge in [-0.3, -0.25) is 0 Å². The average molecular weight is 271 g/mol. The minimum Gasteiger partial charge on any atom is -0.313 e. The molecule has 0 aliphatic carbocycles. The summed E-state index contributed by atoms with van der Waals surface area (Å²) in [6.07, 6.45) is 3.25. The minimum atomic E-state index is -0.757. The molecule has 0 aromatic heterocycles. The van der Waals surface area contributed by atoms with Crippen LogP contribution in [0.15, 0.2) is 18.2 Å². The van der Waals surface area contributed by atoms with E-state index < -0.39 is 11.6 Å². The first-order valence-electron chi connectivity index (χ1n) is 6.41. The van der Waals surface area contributed by atoms with Gasteiger partial charge in [0.05, 0.1) is 0 Å². The quantitative estimate of drug-likeness (QED) is 0.895. The number of rotatable bonds is 4. The Morgan fingerprint density at radius 2 is 2.06 bits per heavy atom. The first-order valence-corrected chi connectivity index (χ1v) is 7.56. The maximum Gasteiger partial charge on any atom is 0.163 e. The lowest BCUT2D eigenvalue weighted by Crippen LogP contribution is -2.23. The Morgan fingerprint density at radius 3 is 2.72 bits per heavy atom. The summed E-state index contributed by atoms with van der Waals surface area (Å²) >= 11 is 1.98. The summed E-state index contributed by atoms with van der Waals surface area (Å²) in [6.45, 7) is 0. The molecule has 100 valence electrons. The molecule has 1 aromatic carbocycles. The lowest BCUT2D eigenvalue weighted by atomic mass is 9.90. The minimum absolute atomic E-state index is 0.0891. The van der Waals surface area contributed by atoms with Crippen molar-refractivity contribution >= 4 is 11.8 Å². The highest BCUT2D eigenvalue weighted by Gasteiger charge is 2.22. The normalized spacial score (nSPS) is 18.8. The van der Waals surface area contributed by atoms with Crippen molar-refractivity contribution in [3.63, 3.8) is 0 Å². The predicted octanol–water partition coefficient (Wildman–Crippen LogP) is 3.76. The Labute approximate surface area is 111 Å². The van der Waals surface area contributed by atoms with Crippen LogP contribution in [0.4, 0.5) is 8.78 Å². The van der Waals surface area contributed by atoms with E-state index in [2.05, 4.69) is 5.32 Å². The van der Waals surface area contributed by atoms with Crippen LogP contribution in [-0.2, 0) is 0 Å². The van der Waals surface area contributed by atoms with Crippen LogP contribution in [0.2, 0.25) is 0 Å². The molecule has 1 saturated heterocycles. The van der Waals surface area contributed by atoms with E-state index in [0.29, 0.717) is 11.5 Å². The van der Waals surface area contributed by atoms with Crippen molar-refractivity contribution in [3.8, 4) is 0 Å². The topological polar surface area (TPSA) is 12.0 Å². The van der Waals surface area contributed by atoms with Crippen molar-refractivity contribution in [3.05, 3.63) is 35.4 Å². The van der Waals surface area contributed by atoms with Gasteiger partial charge in [0, 0.05) is 11.6 Å². The molecule has 1 unspecified atom stereocenters. The number of hydrogen-bond acceptors (Lipinski definition) is 2. The van der Waals surface area contributed by atoms with E-state index in [-0.39, 0.29) is 6.04 Å². The molecule has 1 atom stereocenters. The van der Waals surface area contributed by atoms with Gasteiger partial charge in [-0.05, 0) is 49.8 Å². The van der Waals surface area contributed by atoms with Gasteiger partial charge in [0.15, 0.2) is 11.6 Å². The Balaban J connectivity index is 2.09. The van der Waals surface area contributed by atoms with Crippen molar-refractivity contribution in [1.82, 2.24) is 5.32 Å². The van der Waals surface area contributed by atoms with E-state index in [1.165, 1.54) is 30.4 Å². The van der Waals surface area contributed by atoms with Gasteiger partial charge in [-0.1, -0.05) is 12.1 Å². The lowest BCUT2D eigenvalue weighted by Gasteiger charge is -2.26. The second-order valence-electron chi connectivity index (χ2n) is 4.78. The SMILES string of the molecule is CNC(CC1CCSCC1)c1cccc(F)c1F. The van der Waals surface area contributed by atoms with Crippen LogP contribution in [-0.4, -0.2) is 18.6 Å². The summed E-state index contributed by atoms with van der Waals surface area (Å²) in [6, 6.07) is 4.34. The molecule has 0 bridgehead atoms. The van der Waals surface area contributed by atoms with Gasteiger partial charge in [-0.25, -0.2) is 8.78 Å². The summed E-state index contributed by atoms with van der Waals surface area (Å²) in [5, 5.41) is 3.12. The predicted molar refractivity (Wildman–Crippen MR) is 72.8 cm³/mol. The summed E-state index contributed by atoms with van der Waals surface area (Å²) in [7, 11) is 1.81. The van der Waals surface area contributed by atoms with Gasteiger partial charge < -0.3 is 5.32 Å². The fourth-order valence-electron chi connectivity index (χ4n) is 2.51. The molecule has 0 radical (unpaired) electrons. The zero-order valence-electron chi connectivity index (χ0n) is 10.6. The van der Waals surface area contributed by atoms with Crippen molar-refractivity contribution < 1.29 is 8.78 Å². The standard InChI is InChI=1S/C14H19F2NS/c1-17-13(9-10-5-7-18-8-6-10)11-3-2-4-12(15)14(11)16/h2-4,10,13,17H,5-9H2,1H3. The third-order valence-corrected chi connectivity index (χ3v) is 4.66. The van der Waals surface area contributed by atoms with Crippen LogP contribution < -0.4 is 5.32 Å². The van der Waals surface area contributed by atoms with Gasteiger partial charge in [-0.2, -0.15) is 11.8 Å². The van der Waals surface area contributed by atoms with Gasteiger partial charge in [-0.15, -0.1) is 0 Å². The molecule has 0 amide bonds. The van der Waals surface area contributed by atoms with Crippen LogP contribution in [0.5, 0.6) is 0 Å². The zero-order chi connectivity index (χ0) is 13.0. The number of halogens is 2. The third kappa shape index (κ3) is 3.23. The number of benzene rings is 1. The smallest absolute Gasteiger partial charge is 0.163 e. The number of nitrogens with one attached hydrogen (secondary N) is 1. The lowest BCUT2D eigenvalue weighted by molar-refractivity contribution is 0.372. The summed E-state index contributed by atoms with van der Waals surface area (Å²) < 4.78 is 27.0. The maximum atomic E-state index is 13.8. The van der Waals surface area contributed by atoms with Crippen molar-refractivity contribution in [2.45, 2.75) is 25.3 Å². The van der Waals surface area contributed by atoms with Gasteiger partial charge >= 0.3 is 0 Å². The molecule has 1 aromatic rings. The van der Waals surface area contributed by atoms with Crippen LogP contribution in [0, 0.1) is 17.6 Å². The molecule has 0 saturated carbocycles. The first-order chi connectivity index (χ1) is 8.72. The fraction of sp³-hybridized carbons (Fsp3) is 0.571. The summed E-state index contributed by atoms with van der Waals surface area (Å²) in [5.41, 5.74) is 0.454. The molecule has 1 aliphatic heterocycles. The van der Waals surface area contributed by atoms with Crippen LogP contribution in [0.25, 0.3) is 0 Å². The Bertz CT molecular complexity index is 391. The van der Waals surface area contributed by atoms with E-state index in [1.807, 2.05) is 18.8 Å². The Kier molecular flexibility index (Phi) is 5.01. The van der Waals surface area contributed by atoms with Crippen LogP contribution in [0.3, 0.4) is 0 Å². The molecule has 1 aliphatic rings. The highest BCUT2D eigenvalue weighted by Crippen LogP contribution is 2.32. The maximum absolute atomic E-state index is 13.8. The molecule has 1 nitrogen and oxygen atoms in total. The Hall–Kier alpha value is -0.610. The third-order valence-electron chi connectivity index (χ3n) is 3.62. The molecular weight excluding hydrogens is 252 g/mol. The fourth-order valence-corrected chi connectivity index (χ4v) is 3.71. The largest absolute Gasteiger partial charge is 0.313 e. The van der Waals surface area contributed by atoms with E-state index in [0.717, 1.165) is 6.42 Å². The first kappa shape index (κ1) is 13.8. The molecule has 1 N–H and O–H groups in total. The molecular formula is C14H19F2NS. The van der Waals surface area contributed by atoms with Crippen molar-refractivity contribution in [2.75, 3.05) is 18.6 Å². The molecule has 0 spiro atoms. The second kappa shape index (κ2) is 6.53. The Morgan fingerprint density at radius 1 is 1.33 bits per heavy atom.